The second kappa shape index (κ2) is 9.01. The van der Waals surface area contributed by atoms with Gasteiger partial charge >= 0.3 is 0 Å². The molecule has 0 unspecified atom stereocenters. The molecule has 2 fully saturated rings. The number of carbonyl (C=O) groups excluding carboxylic acids is 2. The first-order valence-corrected chi connectivity index (χ1v) is 9.90. The van der Waals surface area contributed by atoms with Gasteiger partial charge in [-0.15, -0.1) is 0 Å². The van der Waals surface area contributed by atoms with Crippen molar-refractivity contribution in [2.24, 2.45) is 0 Å². The van der Waals surface area contributed by atoms with Crippen LogP contribution in [0.25, 0.3) is 0 Å². The molecule has 6 nitrogen and oxygen atoms in total. The van der Waals surface area contributed by atoms with E-state index in [0.717, 1.165) is 37.3 Å². The van der Waals surface area contributed by atoms with Gasteiger partial charge in [-0.2, -0.15) is 0 Å². The summed E-state index contributed by atoms with van der Waals surface area (Å²) in [5.74, 6) is 0.912. The third kappa shape index (κ3) is 4.54. The van der Waals surface area contributed by atoms with E-state index in [2.05, 4.69) is 15.2 Å². The Labute approximate surface area is 156 Å². The van der Waals surface area contributed by atoms with Gasteiger partial charge in [0.15, 0.2) is 0 Å². The average Bonchev–Trinajstić information content (AvgIpc) is 3.10. The summed E-state index contributed by atoms with van der Waals surface area (Å²) in [7, 11) is 0. The highest BCUT2D eigenvalue weighted by Gasteiger charge is 2.32. The van der Waals surface area contributed by atoms with Crippen LogP contribution in [0, 0.1) is 0 Å². The van der Waals surface area contributed by atoms with Crippen LogP contribution in [0.2, 0.25) is 0 Å². The molecule has 6 heteroatoms. The summed E-state index contributed by atoms with van der Waals surface area (Å²) in [6, 6.07) is 3.64. The van der Waals surface area contributed by atoms with Crippen molar-refractivity contribution in [3.05, 3.63) is 23.9 Å². The monoisotopic (exact) mass is 358 g/mol. The Morgan fingerprint density at radius 3 is 2.58 bits per heavy atom. The fraction of sp³-hybridized carbons (Fsp3) is 0.650. The van der Waals surface area contributed by atoms with Crippen LogP contribution in [0.4, 0.5) is 5.82 Å². The zero-order valence-corrected chi connectivity index (χ0v) is 15.7. The van der Waals surface area contributed by atoms with Gasteiger partial charge in [-0.1, -0.05) is 25.3 Å². The molecule has 0 aliphatic carbocycles. The number of nitrogens with zero attached hydrogens (tertiary/aromatic N) is 3. The van der Waals surface area contributed by atoms with E-state index < -0.39 is 0 Å². The van der Waals surface area contributed by atoms with Crippen LogP contribution >= 0.6 is 0 Å². The normalized spacial score (nSPS) is 21.2. The van der Waals surface area contributed by atoms with Crippen LogP contribution < -0.4 is 10.2 Å². The number of amides is 2. The van der Waals surface area contributed by atoms with Crippen molar-refractivity contribution in [2.75, 3.05) is 24.5 Å². The summed E-state index contributed by atoms with van der Waals surface area (Å²) < 4.78 is 0. The Morgan fingerprint density at radius 2 is 1.85 bits per heavy atom. The maximum atomic E-state index is 12.6. The van der Waals surface area contributed by atoms with Crippen LogP contribution in [0.5, 0.6) is 0 Å². The lowest BCUT2D eigenvalue weighted by molar-refractivity contribution is -0.136. The van der Waals surface area contributed by atoms with E-state index in [-0.39, 0.29) is 17.9 Å². The topological polar surface area (TPSA) is 65.5 Å². The molecule has 3 rings (SSSR count). The molecule has 1 aromatic rings. The third-order valence-corrected chi connectivity index (χ3v) is 5.44. The first-order chi connectivity index (χ1) is 12.7. The molecule has 0 bridgehead atoms. The Bertz CT molecular complexity index is 626. The number of aromatic nitrogens is 1. The lowest BCUT2D eigenvalue weighted by atomic mass is 10.1. The summed E-state index contributed by atoms with van der Waals surface area (Å²) in [4.78, 5) is 32.9. The smallest absolute Gasteiger partial charge is 0.243 e. The number of carbonyl (C=O) groups is 2. The lowest BCUT2D eigenvalue weighted by Gasteiger charge is -2.28. The highest BCUT2D eigenvalue weighted by Crippen LogP contribution is 2.22. The van der Waals surface area contributed by atoms with Gasteiger partial charge in [-0.25, -0.2) is 4.98 Å². The van der Waals surface area contributed by atoms with E-state index in [4.69, 9.17) is 0 Å². The molecule has 2 saturated heterocycles. The summed E-state index contributed by atoms with van der Waals surface area (Å²) >= 11 is 0. The standard InChI is InChI=1S/C20H30N4O2/c1-16(25)24-14-8-10-18(24)20(26)22-15-17-9-7-11-21-19(17)23-12-5-3-2-4-6-13-23/h7,9,11,18H,2-6,8,10,12-15H2,1H3,(H,22,26)/t18-/m0/s1. The van der Waals surface area contributed by atoms with E-state index in [1.54, 1.807) is 4.90 Å². The van der Waals surface area contributed by atoms with Gasteiger partial charge in [-0.3, -0.25) is 9.59 Å². The highest BCUT2D eigenvalue weighted by molar-refractivity contribution is 5.87. The third-order valence-electron chi connectivity index (χ3n) is 5.44. The minimum Gasteiger partial charge on any atom is -0.356 e. The molecule has 0 aromatic carbocycles. The Balaban J connectivity index is 1.64. The van der Waals surface area contributed by atoms with E-state index in [9.17, 15) is 9.59 Å². The molecule has 2 aliphatic heterocycles. The van der Waals surface area contributed by atoms with Crippen molar-refractivity contribution in [2.45, 2.75) is 64.5 Å². The Morgan fingerprint density at radius 1 is 1.12 bits per heavy atom. The SMILES string of the molecule is CC(=O)N1CCC[C@H]1C(=O)NCc1cccnc1N1CCCCCCC1. The van der Waals surface area contributed by atoms with E-state index in [0.29, 0.717) is 13.1 Å². The van der Waals surface area contributed by atoms with Crippen molar-refractivity contribution in [1.82, 2.24) is 15.2 Å². The number of nitrogens with one attached hydrogen (secondary N) is 1. The molecule has 0 radical (unpaired) electrons. The first kappa shape index (κ1) is 18.7. The lowest BCUT2D eigenvalue weighted by Crippen LogP contribution is -2.45. The number of rotatable bonds is 4. The fourth-order valence-corrected chi connectivity index (χ4v) is 4.03. The van der Waals surface area contributed by atoms with Crippen molar-refractivity contribution in [1.29, 1.82) is 0 Å². The number of hydrogen-bond donors (Lipinski definition) is 1. The van der Waals surface area contributed by atoms with Gasteiger partial charge in [-0.05, 0) is 31.7 Å². The van der Waals surface area contributed by atoms with Crippen LogP contribution in [0.1, 0.15) is 57.4 Å². The van der Waals surface area contributed by atoms with Gasteiger partial charge in [0, 0.05) is 44.9 Å². The molecule has 2 amide bonds. The molecule has 142 valence electrons. The van der Waals surface area contributed by atoms with Gasteiger partial charge in [0.2, 0.25) is 11.8 Å². The second-order valence-electron chi connectivity index (χ2n) is 7.33. The molecule has 1 atom stereocenters. The molecular formula is C20H30N4O2. The van der Waals surface area contributed by atoms with Crippen molar-refractivity contribution < 1.29 is 9.59 Å². The van der Waals surface area contributed by atoms with Crippen LogP contribution in [0.15, 0.2) is 18.3 Å². The molecule has 1 aromatic heterocycles. The van der Waals surface area contributed by atoms with Crippen molar-refractivity contribution in [3.8, 4) is 0 Å². The van der Waals surface area contributed by atoms with E-state index in [1.165, 1.54) is 39.0 Å². The van der Waals surface area contributed by atoms with E-state index in [1.807, 2.05) is 18.3 Å². The Kier molecular flexibility index (Phi) is 6.47. The molecule has 26 heavy (non-hydrogen) atoms. The number of hydrogen-bond acceptors (Lipinski definition) is 4. The van der Waals surface area contributed by atoms with Gasteiger partial charge < -0.3 is 15.1 Å². The molecule has 2 aliphatic rings. The summed E-state index contributed by atoms with van der Waals surface area (Å²) in [6.07, 6.45) is 9.73. The minimum absolute atomic E-state index is 0.0228. The molecule has 1 N–H and O–H groups in total. The number of anilines is 1. The minimum atomic E-state index is -0.325. The zero-order chi connectivity index (χ0) is 18.4. The molecular weight excluding hydrogens is 328 g/mol. The number of likely N-dealkylation sites (tertiary alicyclic amines) is 1. The van der Waals surface area contributed by atoms with Gasteiger partial charge in [0.25, 0.3) is 0 Å². The fourth-order valence-electron chi connectivity index (χ4n) is 4.03. The summed E-state index contributed by atoms with van der Waals surface area (Å²) in [5.41, 5.74) is 1.05. The van der Waals surface area contributed by atoms with Crippen molar-refractivity contribution >= 4 is 17.6 Å². The Hall–Kier alpha value is -2.11. The van der Waals surface area contributed by atoms with Crippen LogP contribution in [0.3, 0.4) is 0 Å². The first-order valence-electron chi connectivity index (χ1n) is 9.90. The summed E-state index contributed by atoms with van der Waals surface area (Å²) in [6.45, 7) is 4.73. The maximum absolute atomic E-state index is 12.6. The predicted molar refractivity (Wildman–Crippen MR) is 102 cm³/mol. The summed E-state index contributed by atoms with van der Waals surface area (Å²) in [5, 5.41) is 3.03. The van der Waals surface area contributed by atoms with Crippen LogP contribution in [-0.2, 0) is 16.1 Å². The predicted octanol–water partition coefficient (Wildman–Crippen LogP) is 2.48. The second-order valence-corrected chi connectivity index (χ2v) is 7.33. The molecule has 0 saturated carbocycles. The van der Waals surface area contributed by atoms with Crippen molar-refractivity contribution in [3.63, 3.8) is 0 Å². The largest absolute Gasteiger partial charge is 0.356 e. The van der Waals surface area contributed by atoms with Gasteiger partial charge in [0.05, 0.1) is 0 Å². The van der Waals surface area contributed by atoms with E-state index >= 15 is 0 Å². The highest BCUT2D eigenvalue weighted by atomic mass is 16.2. The number of pyridine rings is 1. The average molecular weight is 358 g/mol. The van der Waals surface area contributed by atoms with Gasteiger partial charge in [0.1, 0.15) is 11.9 Å². The maximum Gasteiger partial charge on any atom is 0.243 e. The molecule has 3 heterocycles. The quantitative estimate of drug-likeness (QED) is 0.898. The zero-order valence-electron chi connectivity index (χ0n) is 15.7. The molecule has 0 spiro atoms. The van der Waals surface area contributed by atoms with Crippen LogP contribution in [-0.4, -0.2) is 47.4 Å².